The monoisotopic (exact) mass is 356 g/mol. The minimum atomic E-state index is -0.514. The third-order valence-corrected chi connectivity index (χ3v) is 3.43. The van der Waals surface area contributed by atoms with Crippen molar-refractivity contribution < 1.29 is 9.13 Å². The standard InChI is InChI=1S/C15H10AsFN4O/c1-9-3-4-10(11-7-21-12(16)8-20-11)13(17)14(9)22-15-18-5-2-6-19-15/h2-8H,1H3. The summed E-state index contributed by atoms with van der Waals surface area (Å²) >= 11 is 2.28. The normalized spacial score (nSPS) is 10.5. The summed E-state index contributed by atoms with van der Waals surface area (Å²) in [6.07, 6.45) is 6.14. The van der Waals surface area contributed by atoms with Gasteiger partial charge in [0.25, 0.3) is 0 Å². The van der Waals surface area contributed by atoms with Crippen LogP contribution < -0.4 is 9.22 Å². The molecule has 0 spiro atoms. The van der Waals surface area contributed by atoms with Crippen LogP contribution in [0.1, 0.15) is 5.56 Å². The molecule has 2 heterocycles. The average molecular weight is 356 g/mol. The number of aromatic nitrogens is 4. The molecule has 7 heteroatoms. The summed E-state index contributed by atoms with van der Waals surface area (Å²) in [5, 5.41) is 0. The predicted molar refractivity (Wildman–Crippen MR) is 79.7 cm³/mol. The molecule has 0 saturated heterocycles. The molecule has 0 atom stereocenters. The Hall–Kier alpha value is -2.33. The van der Waals surface area contributed by atoms with E-state index >= 15 is 0 Å². The van der Waals surface area contributed by atoms with Crippen LogP contribution in [0, 0.1) is 12.7 Å². The molecular formula is C15H10AsFN4O. The number of aryl methyl sites for hydroxylation is 1. The Morgan fingerprint density at radius 2 is 1.82 bits per heavy atom. The zero-order chi connectivity index (χ0) is 15.5. The molecule has 2 aromatic heterocycles. The zero-order valence-corrected chi connectivity index (χ0v) is 13.4. The van der Waals surface area contributed by atoms with Gasteiger partial charge >= 0.3 is 135 Å². The molecule has 0 aliphatic rings. The van der Waals surface area contributed by atoms with E-state index < -0.39 is 5.82 Å². The van der Waals surface area contributed by atoms with Crippen LogP contribution in [-0.4, -0.2) is 36.8 Å². The molecule has 3 aromatic rings. The number of nitrogens with zero attached hydrogens (tertiary/aromatic N) is 4. The van der Waals surface area contributed by atoms with Gasteiger partial charge in [0.2, 0.25) is 0 Å². The topological polar surface area (TPSA) is 60.8 Å². The Kier molecular flexibility index (Phi) is 4.11. The quantitative estimate of drug-likeness (QED) is 0.672. The van der Waals surface area contributed by atoms with E-state index in [0.29, 0.717) is 21.3 Å². The van der Waals surface area contributed by atoms with Crippen molar-refractivity contribution in [1.82, 2.24) is 19.9 Å². The van der Waals surface area contributed by atoms with Crippen LogP contribution in [0.4, 0.5) is 4.39 Å². The van der Waals surface area contributed by atoms with Crippen molar-refractivity contribution in [3.8, 4) is 23.0 Å². The fourth-order valence-electron chi connectivity index (χ4n) is 1.87. The molecule has 0 unspecified atom stereocenters. The summed E-state index contributed by atoms with van der Waals surface area (Å²) in [5.41, 5.74) is 1.40. The van der Waals surface area contributed by atoms with E-state index in [2.05, 4.69) is 36.8 Å². The third kappa shape index (κ3) is 2.97. The van der Waals surface area contributed by atoms with E-state index in [9.17, 15) is 4.39 Å². The van der Waals surface area contributed by atoms with Crippen molar-refractivity contribution >= 4 is 21.3 Å². The molecule has 0 fully saturated rings. The van der Waals surface area contributed by atoms with E-state index in [-0.39, 0.29) is 11.8 Å². The third-order valence-electron chi connectivity index (χ3n) is 2.94. The van der Waals surface area contributed by atoms with Crippen LogP contribution >= 0.6 is 0 Å². The van der Waals surface area contributed by atoms with Gasteiger partial charge in [-0.05, 0) is 0 Å². The molecule has 5 nitrogen and oxygen atoms in total. The molecule has 2 radical (unpaired) electrons. The van der Waals surface area contributed by atoms with Crippen molar-refractivity contribution in [1.29, 1.82) is 0 Å². The van der Waals surface area contributed by atoms with Gasteiger partial charge < -0.3 is 0 Å². The minimum absolute atomic E-state index is 0.0851. The van der Waals surface area contributed by atoms with Gasteiger partial charge in [-0.3, -0.25) is 0 Å². The first-order valence-electron chi connectivity index (χ1n) is 6.40. The second-order valence-corrected chi connectivity index (χ2v) is 5.43. The molecule has 0 aliphatic heterocycles. The number of halogens is 1. The maximum absolute atomic E-state index is 14.8. The summed E-state index contributed by atoms with van der Waals surface area (Å²) in [4.78, 5) is 16.2. The van der Waals surface area contributed by atoms with Crippen LogP contribution in [-0.2, 0) is 0 Å². The second-order valence-electron chi connectivity index (χ2n) is 4.47. The first kappa shape index (κ1) is 14.6. The number of hydrogen-bond donors (Lipinski definition) is 0. The van der Waals surface area contributed by atoms with Crippen LogP contribution in [0.25, 0.3) is 11.3 Å². The van der Waals surface area contributed by atoms with Gasteiger partial charge in [-0.2, -0.15) is 0 Å². The number of rotatable bonds is 3. The summed E-state index contributed by atoms with van der Waals surface area (Å²) in [7, 11) is 0. The van der Waals surface area contributed by atoms with E-state index in [1.54, 1.807) is 31.3 Å². The molecule has 0 amide bonds. The molecule has 0 bridgehead atoms. The van der Waals surface area contributed by atoms with Crippen LogP contribution in [0.15, 0.2) is 43.0 Å². The molecule has 1 aromatic carbocycles. The fraction of sp³-hybridized carbons (Fsp3) is 0.0667. The van der Waals surface area contributed by atoms with Crippen molar-refractivity contribution in [3.63, 3.8) is 0 Å². The predicted octanol–water partition coefficient (Wildman–Crippen LogP) is 1.97. The number of hydrogen-bond acceptors (Lipinski definition) is 5. The van der Waals surface area contributed by atoms with Crippen molar-refractivity contribution in [2.75, 3.05) is 0 Å². The summed E-state index contributed by atoms with van der Waals surface area (Å²) in [6.45, 7) is 1.75. The van der Waals surface area contributed by atoms with E-state index in [0.717, 1.165) is 0 Å². The molecule has 0 saturated carbocycles. The number of ether oxygens (including phenoxy) is 1. The molecule has 108 valence electrons. The van der Waals surface area contributed by atoms with Gasteiger partial charge in [-0.25, -0.2) is 0 Å². The van der Waals surface area contributed by atoms with E-state index in [1.165, 1.54) is 18.6 Å². The van der Waals surface area contributed by atoms with Gasteiger partial charge in [0.15, 0.2) is 0 Å². The summed E-state index contributed by atoms with van der Waals surface area (Å²) in [6, 6.07) is 5.16. The molecule has 22 heavy (non-hydrogen) atoms. The van der Waals surface area contributed by atoms with Crippen molar-refractivity contribution in [3.05, 3.63) is 54.4 Å². The zero-order valence-electron chi connectivity index (χ0n) is 11.6. The molecule has 0 aliphatic carbocycles. The van der Waals surface area contributed by atoms with Gasteiger partial charge in [0, 0.05) is 0 Å². The Morgan fingerprint density at radius 1 is 1.05 bits per heavy atom. The Balaban J connectivity index is 2.04. The Labute approximate surface area is 135 Å². The SMILES string of the molecule is Cc1ccc(-c2cnc([As])cn2)c(F)c1Oc1ncccn1. The first-order chi connectivity index (χ1) is 10.6. The molecule has 3 rings (SSSR count). The van der Waals surface area contributed by atoms with Crippen LogP contribution in [0.3, 0.4) is 0 Å². The number of benzene rings is 1. The van der Waals surface area contributed by atoms with E-state index in [4.69, 9.17) is 4.74 Å². The first-order valence-corrected chi connectivity index (χ1v) is 7.34. The molecule has 0 N–H and O–H groups in total. The fourth-order valence-corrected chi connectivity index (χ4v) is 2.11. The van der Waals surface area contributed by atoms with Gasteiger partial charge in [-0.1, -0.05) is 0 Å². The Bertz CT molecular complexity index is 797. The maximum atomic E-state index is 14.8. The van der Waals surface area contributed by atoms with Crippen LogP contribution in [0.2, 0.25) is 0 Å². The average Bonchev–Trinajstić information content (AvgIpc) is 2.54. The van der Waals surface area contributed by atoms with Gasteiger partial charge in [0.05, 0.1) is 0 Å². The molecular weight excluding hydrogens is 346 g/mol. The van der Waals surface area contributed by atoms with E-state index in [1.807, 2.05) is 0 Å². The summed E-state index contributed by atoms with van der Waals surface area (Å²) < 4.78 is 20.9. The van der Waals surface area contributed by atoms with Crippen molar-refractivity contribution in [2.24, 2.45) is 0 Å². The van der Waals surface area contributed by atoms with Crippen LogP contribution in [0.5, 0.6) is 11.8 Å². The van der Waals surface area contributed by atoms with Gasteiger partial charge in [0.1, 0.15) is 0 Å². The Morgan fingerprint density at radius 3 is 2.50 bits per heavy atom. The van der Waals surface area contributed by atoms with Crippen molar-refractivity contribution in [2.45, 2.75) is 6.92 Å². The van der Waals surface area contributed by atoms with Gasteiger partial charge in [-0.15, -0.1) is 0 Å². The summed E-state index contributed by atoms with van der Waals surface area (Å²) in [5.74, 6) is -0.429. The second kappa shape index (κ2) is 6.20.